The minimum atomic E-state index is -0.478. The summed E-state index contributed by atoms with van der Waals surface area (Å²) in [4.78, 5) is 36.6. The fourth-order valence-corrected chi connectivity index (χ4v) is 4.20. The summed E-state index contributed by atoms with van der Waals surface area (Å²) in [5, 5.41) is 0. The van der Waals surface area contributed by atoms with Crippen LogP contribution in [0.15, 0.2) is 58.1 Å². The van der Waals surface area contributed by atoms with Crippen molar-refractivity contribution in [3.63, 3.8) is 0 Å². The minimum absolute atomic E-state index is 0.119. The Morgan fingerprint density at radius 1 is 1.09 bits per heavy atom. The topological polar surface area (TPSA) is 75.9 Å². The van der Waals surface area contributed by atoms with Crippen molar-refractivity contribution >= 4 is 16.9 Å². The van der Waals surface area contributed by atoms with Crippen molar-refractivity contribution in [3.05, 3.63) is 92.1 Å². The number of rotatable bonds is 8. The maximum atomic E-state index is 14.3. The Kier molecular flexibility index (Phi) is 5.81. The highest BCUT2D eigenvalue weighted by Gasteiger charge is 2.26. The lowest BCUT2D eigenvalue weighted by Gasteiger charge is -2.16. The fraction of sp³-hybridized carbons (Fsp3) is 0.346. The van der Waals surface area contributed by atoms with Gasteiger partial charge >= 0.3 is 5.69 Å². The molecule has 1 aliphatic rings. The first kappa shape index (κ1) is 22.1. The third-order valence-corrected chi connectivity index (χ3v) is 6.56. The highest BCUT2D eigenvalue weighted by molar-refractivity contribution is 5.70. The van der Waals surface area contributed by atoms with Gasteiger partial charge in [-0.2, -0.15) is 0 Å². The molecule has 0 radical (unpaired) electrons. The van der Waals surface area contributed by atoms with E-state index in [2.05, 4.69) is 33.9 Å². The zero-order chi connectivity index (χ0) is 23.8. The molecular formula is C26H28FN5O2. The molecule has 0 saturated heterocycles. The van der Waals surface area contributed by atoms with E-state index in [1.165, 1.54) is 6.07 Å². The van der Waals surface area contributed by atoms with Crippen LogP contribution in [0.5, 0.6) is 0 Å². The van der Waals surface area contributed by atoms with Crippen molar-refractivity contribution in [3.8, 4) is 0 Å². The molecule has 0 aliphatic heterocycles. The number of nitrogens with one attached hydrogen (secondary N) is 1. The summed E-state index contributed by atoms with van der Waals surface area (Å²) in [5.74, 6) is 0.588. The molecule has 2 heterocycles. The van der Waals surface area contributed by atoms with Crippen molar-refractivity contribution in [2.75, 3.05) is 18.5 Å². The lowest BCUT2D eigenvalue weighted by molar-refractivity contribution is 0.548. The van der Waals surface area contributed by atoms with Crippen LogP contribution >= 0.6 is 0 Å². The maximum absolute atomic E-state index is 14.3. The van der Waals surface area contributed by atoms with Crippen molar-refractivity contribution in [1.82, 2.24) is 19.1 Å². The molecule has 1 saturated carbocycles. The largest absolute Gasteiger partial charge is 0.375 e. The number of halogens is 1. The molecule has 1 fully saturated rings. The SMILES string of the molecule is CCN(C)c1ccc(Cc2nc3c([nH]2)c(=O)n(Cc2ccccc2F)c(=O)n3CC2CC2)cc1. The molecule has 1 aliphatic carbocycles. The van der Waals surface area contributed by atoms with Crippen LogP contribution in [0.4, 0.5) is 10.1 Å². The Morgan fingerprint density at radius 3 is 2.50 bits per heavy atom. The van der Waals surface area contributed by atoms with Gasteiger partial charge in [0.15, 0.2) is 5.65 Å². The Hall–Kier alpha value is -3.68. The van der Waals surface area contributed by atoms with Gasteiger partial charge in [0.1, 0.15) is 17.2 Å². The molecule has 8 heteroatoms. The Bertz CT molecular complexity index is 1450. The number of benzene rings is 2. The van der Waals surface area contributed by atoms with Crippen LogP contribution in [0.2, 0.25) is 0 Å². The van der Waals surface area contributed by atoms with Gasteiger partial charge in [0.2, 0.25) is 0 Å². The lowest BCUT2D eigenvalue weighted by Crippen LogP contribution is -2.40. The molecule has 0 unspecified atom stereocenters. The van der Waals surface area contributed by atoms with Gasteiger partial charge in [0, 0.05) is 37.8 Å². The van der Waals surface area contributed by atoms with Gasteiger partial charge < -0.3 is 9.88 Å². The van der Waals surface area contributed by atoms with Gasteiger partial charge in [-0.15, -0.1) is 0 Å². The Balaban J connectivity index is 1.55. The summed E-state index contributed by atoms with van der Waals surface area (Å²) in [5.41, 5.74) is 2.22. The smallest absolute Gasteiger partial charge is 0.333 e. The average Bonchev–Trinajstić information content (AvgIpc) is 3.57. The average molecular weight is 462 g/mol. The number of hydrogen-bond acceptors (Lipinski definition) is 4. The third kappa shape index (κ3) is 4.27. The van der Waals surface area contributed by atoms with E-state index in [4.69, 9.17) is 0 Å². The Labute approximate surface area is 196 Å². The summed E-state index contributed by atoms with van der Waals surface area (Å²) in [6.07, 6.45) is 2.61. The molecule has 2 aromatic carbocycles. The van der Waals surface area contributed by atoms with Crippen molar-refractivity contribution in [2.24, 2.45) is 5.92 Å². The number of nitrogens with zero attached hydrogens (tertiary/aromatic N) is 4. The summed E-state index contributed by atoms with van der Waals surface area (Å²) in [6.45, 7) is 3.41. The van der Waals surface area contributed by atoms with Gasteiger partial charge in [-0.05, 0) is 49.4 Å². The molecule has 0 bridgehead atoms. The predicted octanol–water partition coefficient (Wildman–Crippen LogP) is 3.53. The molecule has 34 heavy (non-hydrogen) atoms. The first-order valence-electron chi connectivity index (χ1n) is 11.7. The summed E-state index contributed by atoms with van der Waals surface area (Å²) >= 11 is 0. The van der Waals surface area contributed by atoms with Crippen LogP contribution in [0.25, 0.3) is 11.2 Å². The van der Waals surface area contributed by atoms with Crippen LogP contribution in [0.3, 0.4) is 0 Å². The first-order valence-corrected chi connectivity index (χ1v) is 11.7. The van der Waals surface area contributed by atoms with Gasteiger partial charge in [-0.3, -0.25) is 13.9 Å². The van der Waals surface area contributed by atoms with Crippen molar-refractivity contribution < 1.29 is 4.39 Å². The highest BCUT2D eigenvalue weighted by atomic mass is 19.1. The fourth-order valence-electron chi connectivity index (χ4n) is 4.20. The van der Waals surface area contributed by atoms with Crippen LogP contribution in [0, 0.1) is 11.7 Å². The van der Waals surface area contributed by atoms with E-state index in [1.54, 1.807) is 22.8 Å². The summed E-state index contributed by atoms with van der Waals surface area (Å²) in [6, 6.07) is 14.4. The highest BCUT2D eigenvalue weighted by Crippen LogP contribution is 2.30. The summed E-state index contributed by atoms with van der Waals surface area (Å²) < 4.78 is 17.0. The van der Waals surface area contributed by atoms with Gasteiger partial charge in [-0.25, -0.2) is 14.2 Å². The molecule has 7 nitrogen and oxygen atoms in total. The molecule has 1 N–H and O–H groups in total. The van der Waals surface area contributed by atoms with E-state index < -0.39 is 17.1 Å². The van der Waals surface area contributed by atoms with Gasteiger partial charge in [0.25, 0.3) is 5.56 Å². The second kappa shape index (κ2) is 8.93. The quantitative estimate of drug-likeness (QED) is 0.436. The number of aromatic nitrogens is 4. The third-order valence-electron chi connectivity index (χ3n) is 6.56. The maximum Gasteiger partial charge on any atom is 0.333 e. The standard InChI is InChI=1S/C26H28FN5O2/c1-3-30(2)20-12-10-17(11-13-20)14-22-28-23-24(29-22)31(15-18-8-9-18)26(34)32(25(23)33)16-19-6-4-5-7-21(19)27/h4-7,10-13,18H,3,8-9,14-16H2,1-2H3,(H,28,29). The molecule has 2 aromatic heterocycles. The predicted molar refractivity (Wildman–Crippen MR) is 131 cm³/mol. The minimum Gasteiger partial charge on any atom is -0.375 e. The van der Waals surface area contributed by atoms with Crippen LogP contribution < -0.4 is 16.1 Å². The molecule has 5 rings (SSSR count). The summed E-state index contributed by atoms with van der Waals surface area (Å²) in [7, 11) is 2.04. The van der Waals surface area contributed by atoms with Crippen LogP contribution in [-0.2, 0) is 19.5 Å². The zero-order valence-electron chi connectivity index (χ0n) is 19.4. The van der Waals surface area contributed by atoms with E-state index in [0.717, 1.165) is 35.2 Å². The van der Waals surface area contributed by atoms with Gasteiger partial charge in [-0.1, -0.05) is 30.3 Å². The molecular weight excluding hydrogens is 433 g/mol. The number of anilines is 1. The van der Waals surface area contributed by atoms with Crippen molar-refractivity contribution in [1.29, 1.82) is 0 Å². The second-order valence-corrected chi connectivity index (χ2v) is 9.06. The lowest BCUT2D eigenvalue weighted by atomic mass is 10.1. The van der Waals surface area contributed by atoms with E-state index in [-0.39, 0.29) is 12.1 Å². The molecule has 4 aromatic rings. The normalized spacial score (nSPS) is 13.5. The van der Waals surface area contributed by atoms with Crippen LogP contribution in [-0.4, -0.2) is 32.7 Å². The number of fused-ring (bicyclic) bond motifs is 1. The van der Waals surface area contributed by atoms with E-state index in [0.29, 0.717) is 35.9 Å². The van der Waals surface area contributed by atoms with Crippen molar-refractivity contribution in [2.45, 2.75) is 39.3 Å². The number of hydrogen-bond donors (Lipinski definition) is 1. The first-order chi connectivity index (χ1) is 16.4. The van der Waals surface area contributed by atoms with E-state index >= 15 is 0 Å². The Morgan fingerprint density at radius 2 is 1.82 bits per heavy atom. The number of H-pyrrole nitrogens is 1. The molecule has 0 spiro atoms. The monoisotopic (exact) mass is 461 g/mol. The molecule has 0 amide bonds. The number of imidazole rings is 1. The second-order valence-electron chi connectivity index (χ2n) is 9.06. The zero-order valence-corrected chi connectivity index (χ0v) is 19.4. The van der Waals surface area contributed by atoms with E-state index in [9.17, 15) is 14.0 Å². The van der Waals surface area contributed by atoms with Crippen LogP contribution in [0.1, 0.15) is 36.7 Å². The molecule has 0 atom stereocenters. The number of aromatic amines is 1. The van der Waals surface area contributed by atoms with Gasteiger partial charge in [0.05, 0.1) is 6.54 Å². The van der Waals surface area contributed by atoms with E-state index in [1.807, 2.05) is 19.2 Å². The molecule has 176 valence electrons.